The van der Waals surface area contributed by atoms with Gasteiger partial charge in [-0.2, -0.15) is 0 Å². The third-order valence-electron chi connectivity index (χ3n) is 4.67. The SMILES string of the molecule is O=C(ON1C(=O)c2ccccc2C1=O)C1CCCN1C(=O)C1CC1. The third-order valence-corrected chi connectivity index (χ3v) is 4.67. The molecular weight excluding hydrogens is 312 g/mol. The van der Waals surface area contributed by atoms with Gasteiger partial charge < -0.3 is 9.74 Å². The summed E-state index contributed by atoms with van der Waals surface area (Å²) >= 11 is 0. The molecule has 124 valence electrons. The molecule has 1 atom stereocenters. The van der Waals surface area contributed by atoms with E-state index in [1.807, 2.05) is 0 Å². The highest BCUT2D eigenvalue weighted by Gasteiger charge is 2.44. The fourth-order valence-electron chi connectivity index (χ4n) is 3.24. The molecule has 0 radical (unpaired) electrons. The Morgan fingerprint density at radius 1 is 1.00 bits per heavy atom. The summed E-state index contributed by atoms with van der Waals surface area (Å²) in [7, 11) is 0. The molecule has 4 rings (SSSR count). The second-order valence-corrected chi connectivity index (χ2v) is 6.32. The number of rotatable bonds is 3. The van der Waals surface area contributed by atoms with Gasteiger partial charge in [-0.1, -0.05) is 17.2 Å². The zero-order chi connectivity index (χ0) is 16.8. The van der Waals surface area contributed by atoms with Gasteiger partial charge in [-0.15, -0.1) is 0 Å². The maximum Gasteiger partial charge on any atom is 0.355 e. The molecule has 7 heteroatoms. The number of nitrogens with zero attached hydrogens (tertiary/aromatic N) is 2. The molecule has 1 aromatic carbocycles. The van der Waals surface area contributed by atoms with Gasteiger partial charge in [0.05, 0.1) is 11.1 Å². The van der Waals surface area contributed by atoms with Crippen LogP contribution in [0.15, 0.2) is 24.3 Å². The Bertz CT molecular complexity index is 720. The van der Waals surface area contributed by atoms with Crippen LogP contribution < -0.4 is 0 Å². The van der Waals surface area contributed by atoms with Crippen LogP contribution in [0.5, 0.6) is 0 Å². The highest BCUT2D eigenvalue weighted by Crippen LogP contribution is 2.34. The fraction of sp³-hybridized carbons (Fsp3) is 0.412. The van der Waals surface area contributed by atoms with E-state index in [1.54, 1.807) is 12.1 Å². The molecule has 3 amide bonds. The minimum absolute atomic E-state index is 0.0118. The lowest BCUT2D eigenvalue weighted by molar-refractivity contribution is -0.175. The van der Waals surface area contributed by atoms with Crippen LogP contribution in [0.25, 0.3) is 0 Å². The molecule has 3 aliphatic rings. The van der Waals surface area contributed by atoms with Crippen molar-refractivity contribution in [3.8, 4) is 0 Å². The first-order valence-electron chi connectivity index (χ1n) is 8.08. The summed E-state index contributed by atoms with van der Waals surface area (Å²) in [5, 5.41) is 0.505. The number of likely N-dealkylation sites (tertiary alicyclic amines) is 1. The number of carbonyl (C=O) groups excluding carboxylic acids is 4. The van der Waals surface area contributed by atoms with Gasteiger partial charge in [0.2, 0.25) is 5.91 Å². The molecule has 1 unspecified atom stereocenters. The lowest BCUT2D eigenvalue weighted by atomic mass is 10.1. The topological polar surface area (TPSA) is 84.0 Å². The molecule has 0 aromatic heterocycles. The number of carbonyl (C=O) groups is 4. The van der Waals surface area contributed by atoms with Crippen LogP contribution in [0.1, 0.15) is 46.4 Å². The van der Waals surface area contributed by atoms with Crippen molar-refractivity contribution in [1.29, 1.82) is 0 Å². The first-order valence-corrected chi connectivity index (χ1v) is 8.08. The van der Waals surface area contributed by atoms with E-state index in [2.05, 4.69) is 0 Å². The summed E-state index contributed by atoms with van der Waals surface area (Å²) in [5.41, 5.74) is 0.431. The zero-order valence-electron chi connectivity index (χ0n) is 12.9. The number of amides is 3. The van der Waals surface area contributed by atoms with Crippen molar-refractivity contribution in [3.63, 3.8) is 0 Å². The molecule has 24 heavy (non-hydrogen) atoms. The number of benzene rings is 1. The van der Waals surface area contributed by atoms with Gasteiger partial charge in [0, 0.05) is 12.5 Å². The predicted molar refractivity (Wildman–Crippen MR) is 80.5 cm³/mol. The molecule has 0 bridgehead atoms. The van der Waals surface area contributed by atoms with Gasteiger partial charge in [-0.3, -0.25) is 14.4 Å². The summed E-state index contributed by atoms with van der Waals surface area (Å²) in [6.07, 6.45) is 2.91. The average molecular weight is 328 g/mol. The van der Waals surface area contributed by atoms with E-state index in [4.69, 9.17) is 4.84 Å². The third kappa shape index (κ3) is 2.28. The van der Waals surface area contributed by atoms with Crippen molar-refractivity contribution in [2.75, 3.05) is 6.54 Å². The molecule has 7 nitrogen and oxygen atoms in total. The van der Waals surface area contributed by atoms with Crippen molar-refractivity contribution in [2.45, 2.75) is 31.7 Å². The largest absolute Gasteiger partial charge is 0.355 e. The van der Waals surface area contributed by atoms with Crippen LogP contribution in [0.4, 0.5) is 0 Å². The molecule has 0 N–H and O–H groups in total. The molecule has 1 saturated heterocycles. The van der Waals surface area contributed by atoms with E-state index in [0.717, 1.165) is 12.8 Å². The van der Waals surface area contributed by atoms with Crippen molar-refractivity contribution in [2.24, 2.45) is 5.92 Å². The molecule has 0 spiro atoms. The first-order chi connectivity index (χ1) is 11.6. The zero-order valence-corrected chi connectivity index (χ0v) is 12.9. The van der Waals surface area contributed by atoms with E-state index < -0.39 is 23.8 Å². The monoisotopic (exact) mass is 328 g/mol. The van der Waals surface area contributed by atoms with E-state index in [1.165, 1.54) is 17.0 Å². The first kappa shape index (κ1) is 14.9. The van der Waals surface area contributed by atoms with Gasteiger partial charge >= 0.3 is 5.97 Å². The standard InChI is InChI=1S/C17H16N2O5/c20-14(10-7-8-10)18-9-3-6-13(18)17(23)24-19-15(21)11-4-1-2-5-12(11)16(19)22/h1-2,4-5,10,13H,3,6-9H2. The number of imide groups is 1. The number of hydrogen-bond acceptors (Lipinski definition) is 5. The minimum atomic E-state index is -0.726. The summed E-state index contributed by atoms with van der Waals surface area (Å²) in [4.78, 5) is 55.8. The van der Waals surface area contributed by atoms with Gasteiger partial charge in [0.15, 0.2) is 0 Å². The van der Waals surface area contributed by atoms with Crippen molar-refractivity contribution < 1.29 is 24.0 Å². The summed E-state index contributed by atoms with van der Waals surface area (Å²) in [6.45, 7) is 0.511. The Labute approximate surface area is 138 Å². The number of hydroxylamine groups is 2. The summed E-state index contributed by atoms with van der Waals surface area (Å²) in [6, 6.07) is 5.59. The van der Waals surface area contributed by atoms with Gasteiger partial charge in [0.25, 0.3) is 11.8 Å². The van der Waals surface area contributed by atoms with Crippen molar-refractivity contribution in [1.82, 2.24) is 9.96 Å². The lowest BCUT2D eigenvalue weighted by Gasteiger charge is -2.24. The van der Waals surface area contributed by atoms with Crippen molar-refractivity contribution >= 4 is 23.7 Å². The lowest BCUT2D eigenvalue weighted by Crippen LogP contribution is -2.45. The molecule has 1 aliphatic carbocycles. The Kier molecular flexibility index (Phi) is 3.37. The van der Waals surface area contributed by atoms with E-state index in [-0.39, 0.29) is 23.0 Å². The Morgan fingerprint density at radius 3 is 2.21 bits per heavy atom. The van der Waals surface area contributed by atoms with Crippen LogP contribution in [-0.2, 0) is 14.4 Å². The fourth-order valence-corrected chi connectivity index (χ4v) is 3.24. The Morgan fingerprint density at radius 2 is 1.62 bits per heavy atom. The molecule has 2 heterocycles. The molecule has 1 aromatic rings. The molecule has 2 aliphatic heterocycles. The van der Waals surface area contributed by atoms with Crippen LogP contribution in [0.2, 0.25) is 0 Å². The number of hydrogen-bond donors (Lipinski definition) is 0. The second-order valence-electron chi connectivity index (χ2n) is 6.32. The Hall–Kier alpha value is -2.70. The molecule has 1 saturated carbocycles. The Balaban J connectivity index is 1.49. The average Bonchev–Trinajstić information content (AvgIpc) is 3.28. The normalized spacial score (nSPS) is 22.8. The van der Waals surface area contributed by atoms with Crippen LogP contribution >= 0.6 is 0 Å². The number of fused-ring (bicyclic) bond motifs is 1. The van der Waals surface area contributed by atoms with E-state index in [0.29, 0.717) is 24.4 Å². The highest BCUT2D eigenvalue weighted by atomic mass is 16.7. The summed E-state index contributed by atoms with van der Waals surface area (Å²) < 4.78 is 0. The molecular formula is C17H16N2O5. The second kappa shape index (κ2) is 5.43. The van der Waals surface area contributed by atoms with E-state index in [9.17, 15) is 19.2 Å². The van der Waals surface area contributed by atoms with Gasteiger partial charge in [0.1, 0.15) is 6.04 Å². The van der Waals surface area contributed by atoms with E-state index >= 15 is 0 Å². The highest BCUT2D eigenvalue weighted by molar-refractivity contribution is 6.20. The maximum atomic E-state index is 12.4. The van der Waals surface area contributed by atoms with Crippen LogP contribution in [-0.4, -0.2) is 46.2 Å². The van der Waals surface area contributed by atoms with Crippen molar-refractivity contribution in [3.05, 3.63) is 35.4 Å². The van der Waals surface area contributed by atoms with Gasteiger partial charge in [-0.25, -0.2) is 4.79 Å². The quantitative estimate of drug-likeness (QED) is 0.777. The smallest absolute Gasteiger partial charge is 0.329 e. The summed E-state index contributed by atoms with van der Waals surface area (Å²) in [5.74, 6) is -2.05. The maximum absolute atomic E-state index is 12.4. The van der Waals surface area contributed by atoms with Crippen LogP contribution in [0.3, 0.4) is 0 Å². The minimum Gasteiger partial charge on any atom is -0.329 e. The van der Waals surface area contributed by atoms with Gasteiger partial charge in [-0.05, 0) is 37.8 Å². The molecule has 2 fully saturated rings. The predicted octanol–water partition coefficient (Wildman–Crippen LogP) is 1.14. The van der Waals surface area contributed by atoms with Crippen LogP contribution in [0, 0.1) is 5.92 Å².